The Morgan fingerprint density at radius 2 is 1.33 bits per heavy atom. The molecular formula is C8H15BF3-. The van der Waals surface area contributed by atoms with E-state index in [2.05, 4.69) is 0 Å². The van der Waals surface area contributed by atoms with Gasteiger partial charge < -0.3 is 12.9 Å². The Morgan fingerprint density at radius 3 is 1.67 bits per heavy atom. The van der Waals surface area contributed by atoms with Gasteiger partial charge in [-0.1, -0.05) is 32.5 Å². The molecule has 0 aliphatic heterocycles. The monoisotopic (exact) mass is 179 g/mol. The normalized spacial score (nSPS) is 38.2. The van der Waals surface area contributed by atoms with Crippen LogP contribution >= 0.6 is 0 Å². The van der Waals surface area contributed by atoms with E-state index in [0.29, 0.717) is 12.8 Å². The van der Waals surface area contributed by atoms with E-state index in [9.17, 15) is 12.9 Å². The Hall–Kier alpha value is -0.145. The number of halogens is 3. The highest BCUT2D eigenvalue weighted by Crippen LogP contribution is 2.43. The second-order valence-corrected chi connectivity index (χ2v) is 4.30. The van der Waals surface area contributed by atoms with Gasteiger partial charge in [0.1, 0.15) is 0 Å². The van der Waals surface area contributed by atoms with E-state index >= 15 is 0 Å². The van der Waals surface area contributed by atoms with Crippen LogP contribution in [0.1, 0.15) is 33.1 Å². The van der Waals surface area contributed by atoms with Crippen LogP contribution in [0.5, 0.6) is 0 Å². The molecule has 0 aromatic heterocycles. The third kappa shape index (κ3) is 2.42. The van der Waals surface area contributed by atoms with Gasteiger partial charge in [0.2, 0.25) is 0 Å². The first-order valence-electron chi connectivity index (χ1n) is 4.59. The van der Waals surface area contributed by atoms with Crippen LogP contribution in [0.25, 0.3) is 0 Å². The zero-order valence-electron chi connectivity index (χ0n) is 7.56. The fourth-order valence-electron chi connectivity index (χ4n) is 2.32. The fraction of sp³-hybridized carbons (Fsp3) is 1.00. The van der Waals surface area contributed by atoms with Crippen molar-refractivity contribution in [3.8, 4) is 0 Å². The van der Waals surface area contributed by atoms with Crippen molar-refractivity contribution in [1.29, 1.82) is 0 Å². The minimum absolute atomic E-state index is 0.252. The maximum atomic E-state index is 12.4. The van der Waals surface area contributed by atoms with Gasteiger partial charge in [0.05, 0.1) is 0 Å². The second kappa shape index (κ2) is 3.31. The predicted molar refractivity (Wildman–Crippen MR) is 45.0 cm³/mol. The Labute approximate surface area is 71.6 Å². The molecule has 0 aromatic carbocycles. The molecule has 0 aromatic rings. The van der Waals surface area contributed by atoms with Crippen molar-refractivity contribution in [2.45, 2.75) is 38.9 Å². The van der Waals surface area contributed by atoms with Gasteiger partial charge in [-0.3, -0.25) is 0 Å². The predicted octanol–water partition coefficient (Wildman–Crippen LogP) is 3.66. The van der Waals surface area contributed by atoms with Crippen LogP contribution < -0.4 is 0 Å². The van der Waals surface area contributed by atoms with Crippen molar-refractivity contribution < 1.29 is 12.9 Å². The minimum atomic E-state index is -4.59. The standard InChI is InChI=1S/C8H15BF3/c1-6-3-7(2)5-8(4-6)9(10,11)12/h6-8H,3-5H2,1-2H3/q-1. The molecule has 0 saturated heterocycles. The summed E-state index contributed by atoms with van der Waals surface area (Å²) in [5.41, 5.74) is 0. The zero-order chi connectivity index (χ0) is 9.35. The van der Waals surface area contributed by atoms with Gasteiger partial charge >= 0.3 is 6.98 Å². The van der Waals surface area contributed by atoms with E-state index in [4.69, 9.17) is 0 Å². The van der Waals surface area contributed by atoms with Crippen LogP contribution in [-0.2, 0) is 0 Å². The van der Waals surface area contributed by atoms with E-state index < -0.39 is 12.8 Å². The van der Waals surface area contributed by atoms with E-state index in [1.54, 1.807) is 0 Å². The van der Waals surface area contributed by atoms with Crippen molar-refractivity contribution in [2.75, 3.05) is 0 Å². The summed E-state index contributed by atoms with van der Waals surface area (Å²) in [6, 6.07) is 0. The Kier molecular flexibility index (Phi) is 2.74. The van der Waals surface area contributed by atoms with Crippen molar-refractivity contribution >= 4 is 6.98 Å². The molecule has 2 unspecified atom stereocenters. The largest absolute Gasteiger partial charge is 0.481 e. The summed E-state index contributed by atoms with van der Waals surface area (Å²) < 4.78 is 37.1. The molecule has 0 bridgehead atoms. The van der Waals surface area contributed by atoms with Crippen molar-refractivity contribution in [2.24, 2.45) is 11.8 Å². The molecule has 12 heavy (non-hydrogen) atoms. The average molecular weight is 179 g/mol. The molecule has 0 radical (unpaired) electrons. The molecular weight excluding hydrogens is 164 g/mol. The molecule has 72 valence electrons. The molecule has 1 fully saturated rings. The van der Waals surface area contributed by atoms with Crippen LogP contribution in [0.4, 0.5) is 12.9 Å². The van der Waals surface area contributed by atoms with Crippen molar-refractivity contribution in [3.63, 3.8) is 0 Å². The lowest BCUT2D eigenvalue weighted by Crippen LogP contribution is -2.31. The maximum Gasteiger partial charge on any atom is 0.481 e. The molecule has 1 aliphatic carbocycles. The first-order chi connectivity index (χ1) is 5.39. The molecule has 1 saturated carbocycles. The summed E-state index contributed by atoms with van der Waals surface area (Å²) in [5.74, 6) is -0.478. The SMILES string of the molecule is CC1CC(C)CC([B-](F)(F)F)C1. The van der Waals surface area contributed by atoms with E-state index in [-0.39, 0.29) is 11.8 Å². The zero-order valence-corrected chi connectivity index (χ0v) is 7.56. The van der Waals surface area contributed by atoms with Crippen molar-refractivity contribution in [3.05, 3.63) is 0 Å². The Morgan fingerprint density at radius 1 is 0.917 bits per heavy atom. The summed E-state index contributed by atoms with van der Waals surface area (Å²) >= 11 is 0. The van der Waals surface area contributed by atoms with Crippen LogP contribution in [-0.4, -0.2) is 6.98 Å². The van der Waals surface area contributed by atoms with E-state index in [0.717, 1.165) is 6.42 Å². The van der Waals surface area contributed by atoms with Gasteiger partial charge in [0.15, 0.2) is 0 Å². The first kappa shape index (κ1) is 9.94. The van der Waals surface area contributed by atoms with Gasteiger partial charge in [-0.2, -0.15) is 0 Å². The summed E-state index contributed by atoms with van der Waals surface area (Å²) in [5, 5.41) is 0. The molecule has 0 amide bonds. The smallest absolute Gasteiger partial charge is 0.449 e. The van der Waals surface area contributed by atoms with Crippen LogP contribution in [0, 0.1) is 11.8 Å². The highest BCUT2D eigenvalue weighted by molar-refractivity contribution is 6.60. The third-order valence-corrected chi connectivity index (χ3v) is 2.75. The molecule has 0 N–H and O–H groups in total. The van der Waals surface area contributed by atoms with Gasteiger partial charge in [-0.15, -0.1) is 0 Å². The Bertz CT molecular complexity index is 145. The van der Waals surface area contributed by atoms with Crippen LogP contribution in [0.3, 0.4) is 0 Å². The quantitative estimate of drug-likeness (QED) is 0.538. The van der Waals surface area contributed by atoms with E-state index in [1.807, 2.05) is 13.8 Å². The number of hydrogen-bond acceptors (Lipinski definition) is 0. The van der Waals surface area contributed by atoms with Gasteiger partial charge in [-0.05, 0) is 18.3 Å². The lowest BCUT2D eigenvalue weighted by molar-refractivity contribution is 0.262. The second-order valence-electron chi connectivity index (χ2n) is 4.30. The van der Waals surface area contributed by atoms with Crippen molar-refractivity contribution in [1.82, 2.24) is 0 Å². The highest BCUT2D eigenvalue weighted by atomic mass is 19.4. The summed E-state index contributed by atoms with van der Waals surface area (Å²) in [6.07, 6.45) is 1.67. The summed E-state index contributed by atoms with van der Waals surface area (Å²) in [4.78, 5) is 0. The molecule has 4 heteroatoms. The molecule has 0 heterocycles. The summed E-state index contributed by atoms with van der Waals surface area (Å²) in [6.45, 7) is -0.744. The molecule has 1 rings (SSSR count). The van der Waals surface area contributed by atoms with Crippen LogP contribution in [0.15, 0.2) is 0 Å². The molecule has 0 nitrogen and oxygen atoms in total. The van der Waals surface area contributed by atoms with Gasteiger partial charge in [0, 0.05) is 0 Å². The van der Waals surface area contributed by atoms with Crippen LogP contribution in [0.2, 0.25) is 5.82 Å². The topological polar surface area (TPSA) is 0 Å². The number of rotatable bonds is 1. The highest BCUT2D eigenvalue weighted by Gasteiger charge is 2.38. The van der Waals surface area contributed by atoms with Gasteiger partial charge in [0.25, 0.3) is 0 Å². The fourth-order valence-corrected chi connectivity index (χ4v) is 2.32. The lowest BCUT2D eigenvalue weighted by Gasteiger charge is -2.37. The van der Waals surface area contributed by atoms with E-state index in [1.165, 1.54) is 0 Å². The van der Waals surface area contributed by atoms with Gasteiger partial charge in [-0.25, -0.2) is 0 Å². The third-order valence-electron chi connectivity index (χ3n) is 2.75. The maximum absolute atomic E-state index is 12.4. The summed E-state index contributed by atoms with van der Waals surface area (Å²) in [7, 11) is 0. The minimum Gasteiger partial charge on any atom is -0.449 e. The lowest BCUT2D eigenvalue weighted by atomic mass is 9.60. The average Bonchev–Trinajstić information content (AvgIpc) is 1.82. The molecule has 2 atom stereocenters. The Balaban J connectivity index is 2.55. The molecule has 0 spiro atoms. The number of hydrogen-bond donors (Lipinski definition) is 0. The molecule has 1 aliphatic rings. The first-order valence-corrected chi connectivity index (χ1v) is 4.59.